The van der Waals surface area contributed by atoms with E-state index >= 15 is 0 Å². The van der Waals surface area contributed by atoms with Crippen molar-refractivity contribution in [1.29, 1.82) is 0 Å². The van der Waals surface area contributed by atoms with E-state index in [1.165, 1.54) is 16.4 Å². The molecule has 4 rings (SSSR count). The van der Waals surface area contributed by atoms with Crippen molar-refractivity contribution in [2.24, 2.45) is 0 Å². The van der Waals surface area contributed by atoms with Crippen molar-refractivity contribution in [2.45, 2.75) is 56.2 Å². The van der Waals surface area contributed by atoms with Crippen LogP contribution in [-0.4, -0.2) is 37.0 Å². The molecule has 0 unspecified atom stereocenters. The van der Waals surface area contributed by atoms with E-state index in [4.69, 9.17) is 23.2 Å². The van der Waals surface area contributed by atoms with Crippen molar-refractivity contribution in [3.05, 3.63) is 57.6 Å². The molecule has 0 spiro atoms. The molecule has 7 nitrogen and oxygen atoms in total. The number of aromatic nitrogens is 4. The van der Waals surface area contributed by atoms with Gasteiger partial charge in [0.15, 0.2) is 0 Å². The summed E-state index contributed by atoms with van der Waals surface area (Å²) < 4.78 is 1.52. The minimum Gasteiger partial charge on any atom is -0.385 e. The lowest BCUT2D eigenvalue weighted by Gasteiger charge is -2.37. The maximum atomic E-state index is 12.5. The SMILES string of the molecule is CC(C)(C)c1ccc(-n2nnnc2SCC(=O)Nc2ccc(C3(O)CCC3)cc2Cl)c(Cl)c1. The van der Waals surface area contributed by atoms with Crippen molar-refractivity contribution in [1.82, 2.24) is 20.2 Å². The van der Waals surface area contributed by atoms with Crippen LogP contribution in [0.4, 0.5) is 5.69 Å². The number of thioether (sulfide) groups is 1. The second-order valence-corrected chi connectivity index (χ2v) is 11.0. The summed E-state index contributed by atoms with van der Waals surface area (Å²) in [6.07, 6.45) is 2.45. The zero-order valence-corrected chi connectivity index (χ0v) is 20.9. The Morgan fingerprint density at radius 2 is 1.94 bits per heavy atom. The van der Waals surface area contributed by atoms with E-state index in [0.29, 0.717) is 26.6 Å². The minimum absolute atomic E-state index is 0.0342. The number of nitrogens with one attached hydrogen (secondary N) is 1. The highest BCUT2D eigenvalue weighted by atomic mass is 35.5. The molecule has 33 heavy (non-hydrogen) atoms. The second kappa shape index (κ2) is 9.25. The van der Waals surface area contributed by atoms with Crippen LogP contribution in [0.15, 0.2) is 41.6 Å². The van der Waals surface area contributed by atoms with Gasteiger partial charge in [0.05, 0.1) is 32.8 Å². The van der Waals surface area contributed by atoms with Gasteiger partial charge in [-0.25, -0.2) is 0 Å². The molecule has 1 aliphatic rings. The van der Waals surface area contributed by atoms with Gasteiger partial charge in [0, 0.05) is 0 Å². The van der Waals surface area contributed by atoms with E-state index < -0.39 is 5.60 Å². The number of halogens is 2. The van der Waals surface area contributed by atoms with Crippen LogP contribution < -0.4 is 5.32 Å². The van der Waals surface area contributed by atoms with E-state index in [2.05, 4.69) is 41.6 Å². The van der Waals surface area contributed by atoms with Gasteiger partial charge >= 0.3 is 0 Å². The third-order valence-electron chi connectivity index (χ3n) is 5.78. The van der Waals surface area contributed by atoms with E-state index in [-0.39, 0.29) is 17.1 Å². The highest BCUT2D eigenvalue weighted by Gasteiger charge is 2.36. The summed E-state index contributed by atoms with van der Waals surface area (Å²) in [5.41, 5.74) is 2.18. The highest BCUT2D eigenvalue weighted by Crippen LogP contribution is 2.42. The van der Waals surface area contributed by atoms with Crippen LogP contribution >= 0.6 is 35.0 Å². The molecule has 1 aromatic heterocycles. The molecule has 1 fully saturated rings. The summed E-state index contributed by atoms with van der Waals surface area (Å²) in [5.74, 6) is -0.166. The maximum Gasteiger partial charge on any atom is 0.234 e. The summed E-state index contributed by atoms with van der Waals surface area (Å²) in [5, 5.41) is 26.5. The van der Waals surface area contributed by atoms with Gasteiger partial charge in [0.1, 0.15) is 0 Å². The van der Waals surface area contributed by atoms with Gasteiger partial charge in [-0.05, 0) is 70.5 Å². The van der Waals surface area contributed by atoms with E-state index in [1.54, 1.807) is 18.2 Å². The number of anilines is 1. The molecule has 0 radical (unpaired) electrons. The Morgan fingerprint density at radius 1 is 1.18 bits per heavy atom. The predicted molar refractivity (Wildman–Crippen MR) is 131 cm³/mol. The van der Waals surface area contributed by atoms with E-state index in [9.17, 15) is 9.90 Å². The normalized spacial score (nSPS) is 15.2. The van der Waals surface area contributed by atoms with Crippen LogP contribution in [0.2, 0.25) is 10.0 Å². The van der Waals surface area contributed by atoms with E-state index in [1.807, 2.05) is 18.2 Å². The third-order valence-corrected chi connectivity index (χ3v) is 7.31. The average molecular weight is 506 g/mol. The average Bonchev–Trinajstić information content (AvgIpc) is 3.19. The first-order valence-corrected chi connectivity index (χ1v) is 12.3. The van der Waals surface area contributed by atoms with Crippen molar-refractivity contribution in [2.75, 3.05) is 11.1 Å². The smallest absolute Gasteiger partial charge is 0.234 e. The van der Waals surface area contributed by atoms with Gasteiger partial charge in [-0.2, -0.15) is 4.68 Å². The summed E-state index contributed by atoms with van der Waals surface area (Å²) >= 11 is 14.0. The molecule has 3 aromatic rings. The van der Waals surface area contributed by atoms with Gasteiger partial charge in [-0.1, -0.05) is 67.9 Å². The highest BCUT2D eigenvalue weighted by molar-refractivity contribution is 7.99. The molecular formula is C23H25Cl2N5O2S. The van der Waals surface area contributed by atoms with Crippen LogP contribution in [0.3, 0.4) is 0 Å². The topological polar surface area (TPSA) is 92.9 Å². The molecule has 1 amide bonds. The lowest BCUT2D eigenvalue weighted by Crippen LogP contribution is -2.33. The zero-order valence-electron chi connectivity index (χ0n) is 18.6. The van der Waals surface area contributed by atoms with Crippen LogP contribution in [0.1, 0.15) is 51.2 Å². The number of tetrazole rings is 1. The number of benzene rings is 2. The number of carbonyl (C=O) groups is 1. The monoisotopic (exact) mass is 505 g/mol. The van der Waals surface area contributed by atoms with Crippen molar-refractivity contribution >= 4 is 46.6 Å². The molecule has 1 saturated carbocycles. The maximum absolute atomic E-state index is 12.5. The van der Waals surface area contributed by atoms with Crippen molar-refractivity contribution in [3.8, 4) is 5.69 Å². The van der Waals surface area contributed by atoms with E-state index in [0.717, 1.165) is 30.4 Å². The van der Waals surface area contributed by atoms with Gasteiger partial charge < -0.3 is 10.4 Å². The Balaban J connectivity index is 1.42. The van der Waals surface area contributed by atoms with Gasteiger partial charge in [0.25, 0.3) is 0 Å². The number of hydrogen-bond donors (Lipinski definition) is 2. The summed E-state index contributed by atoms with van der Waals surface area (Å²) in [6, 6.07) is 11.0. The fourth-order valence-corrected chi connectivity index (χ4v) is 4.76. The molecule has 0 atom stereocenters. The first kappa shape index (κ1) is 24.0. The quantitative estimate of drug-likeness (QED) is 0.437. The third kappa shape index (κ3) is 5.19. The molecule has 2 N–H and O–H groups in total. The molecule has 10 heteroatoms. The molecule has 1 aliphatic carbocycles. The summed E-state index contributed by atoms with van der Waals surface area (Å²) in [4.78, 5) is 12.5. The molecule has 2 aromatic carbocycles. The number of carbonyl (C=O) groups excluding carboxylic acids is 1. The van der Waals surface area contributed by atoms with Gasteiger partial charge in [0.2, 0.25) is 11.1 Å². The molecular weight excluding hydrogens is 481 g/mol. The molecule has 174 valence electrons. The zero-order chi connectivity index (χ0) is 23.8. The molecule has 0 bridgehead atoms. The Kier molecular flexibility index (Phi) is 6.73. The number of amides is 1. The Bertz CT molecular complexity index is 1190. The lowest BCUT2D eigenvalue weighted by atomic mass is 9.75. The lowest BCUT2D eigenvalue weighted by molar-refractivity contribution is -0.113. The molecule has 1 heterocycles. The Hall–Kier alpha value is -2.13. The minimum atomic E-state index is -0.800. The molecule has 0 aliphatic heterocycles. The summed E-state index contributed by atoms with van der Waals surface area (Å²) in [7, 11) is 0. The van der Waals surface area contributed by atoms with Crippen LogP contribution in [0.5, 0.6) is 0 Å². The molecule has 0 saturated heterocycles. The summed E-state index contributed by atoms with van der Waals surface area (Å²) in [6.45, 7) is 6.35. The number of nitrogens with zero attached hydrogens (tertiary/aromatic N) is 4. The van der Waals surface area contributed by atoms with Crippen molar-refractivity contribution < 1.29 is 9.90 Å². The second-order valence-electron chi connectivity index (χ2n) is 9.21. The predicted octanol–water partition coefficient (Wildman–Crippen LogP) is 5.37. The number of aliphatic hydroxyl groups is 1. The Morgan fingerprint density at radius 3 is 2.55 bits per heavy atom. The van der Waals surface area contributed by atoms with Crippen LogP contribution in [0, 0.1) is 0 Å². The van der Waals surface area contributed by atoms with Crippen molar-refractivity contribution in [3.63, 3.8) is 0 Å². The van der Waals surface area contributed by atoms with Gasteiger partial charge in [-0.15, -0.1) is 5.10 Å². The standard InChI is InChI=1S/C23H25Cl2N5O2S/c1-22(2,3)14-6-8-19(17(25)11-14)30-21(27-28-29-30)33-13-20(31)26-18-7-5-15(12-16(18)24)23(32)9-4-10-23/h5-8,11-12,32H,4,9-10,13H2,1-3H3,(H,26,31). The first-order valence-electron chi connectivity index (χ1n) is 10.6. The van der Waals surface area contributed by atoms with Crippen LogP contribution in [-0.2, 0) is 15.8 Å². The van der Waals surface area contributed by atoms with Gasteiger partial charge in [-0.3, -0.25) is 4.79 Å². The Labute approximate surface area is 206 Å². The number of hydrogen-bond acceptors (Lipinski definition) is 6. The fraction of sp³-hybridized carbons (Fsp3) is 0.391. The first-order chi connectivity index (χ1) is 15.6. The fourth-order valence-electron chi connectivity index (χ4n) is 3.59. The largest absolute Gasteiger partial charge is 0.385 e. The van der Waals surface area contributed by atoms with Crippen LogP contribution in [0.25, 0.3) is 5.69 Å². The number of rotatable bonds is 6.